The molecule has 0 unspecified atom stereocenters. The molecule has 0 aliphatic rings. The maximum absolute atomic E-state index is 11.4. The fraction of sp³-hybridized carbons (Fsp3) is 0.158. The summed E-state index contributed by atoms with van der Waals surface area (Å²) in [4.78, 5) is 15.7. The fourth-order valence-electron chi connectivity index (χ4n) is 2.73. The van der Waals surface area contributed by atoms with Gasteiger partial charge in [0.25, 0.3) is 0 Å². The average molecular weight is 306 g/mol. The Morgan fingerprint density at radius 2 is 1.83 bits per heavy atom. The Bertz CT molecular complexity index is 865. The van der Waals surface area contributed by atoms with Crippen molar-refractivity contribution in [2.24, 2.45) is 0 Å². The fourth-order valence-corrected chi connectivity index (χ4v) is 2.73. The van der Waals surface area contributed by atoms with Gasteiger partial charge in [-0.15, -0.1) is 0 Å². The van der Waals surface area contributed by atoms with E-state index in [4.69, 9.17) is 0 Å². The van der Waals surface area contributed by atoms with Gasteiger partial charge in [-0.1, -0.05) is 49.4 Å². The van der Waals surface area contributed by atoms with Crippen molar-refractivity contribution in [1.29, 1.82) is 0 Å². The number of nitrogens with zero attached hydrogens (tertiary/aromatic N) is 2. The van der Waals surface area contributed by atoms with Crippen molar-refractivity contribution in [2.45, 2.75) is 20.3 Å². The molecule has 0 atom stereocenters. The van der Waals surface area contributed by atoms with Crippen LogP contribution in [0.5, 0.6) is 0 Å². The van der Waals surface area contributed by atoms with Crippen molar-refractivity contribution in [3.63, 3.8) is 0 Å². The van der Waals surface area contributed by atoms with Crippen LogP contribution in [-0.2, 0) is 6.42 Å². The highest BCUT2D eigenvalue weighted by molar-refractivity contribution is 5.86. The zero-order chi connectivity index (χ0) is 16.4. The third-order valence-electron chi connectivity index (χ3n) is 3.94. The van der Waals surface area contributed by atoms with Gasteiger partial charge in [-0.25, -0.2) is 9.78 Å². The molecule has 23 heavy (non-hydrogen) atoms. The van der Waals surface area contributed by atoms with Crippen molar-refractivity contribution in [2.75, 3.05) is 0 Å². The van der Waals surface area contributed by atoms with Crippen LogP contribution in [-0.4, -0.2) is 20.6 Å². The standard InChI is InChI=1S/C19H18N2O2/c1-3-14-9-5-7-11-17(14)21-12-16(19(22)23)20-18(21)15-10-6-4-8-13(15)2/h4-12H,3H2,1-2H3,(H,22,23). The SMILES string of the molecule is CCc1ccccc1-n1cc(C(=O)O)nc1-c1ccccc1C. The summed E-state index contributed by atoms with van der Waals surface area (Å²) in [6.45, 7) is 4.09. The second kappa shape index (κ2) is 6.08. The highest BCUT2D eigenvalue weighted by atomic mass is 16.4. The molecule has 1 heterocycles. The summed E-state index contributed by atoms with van der Waals surface area (Å²) in [7, 11) is 0. The maximum atomic E-state index is 11.4. The third-order valence-corrected chi connectivity index (χ3v) is 3.94. The van der Waals surface area contributed by atoms with Crippen molar-refractivity contribution < 1.29 is 9.90 Å². The molecule has 1 aromatic heterocycles. The van der Waals surface area contributed by atoms with Crippen LogP contribution in [0.4, 0.5) is 0 Å². The molecule has 116 valence electrons. The largest absolute Gasteiger partial charge is 0.476 e. The lowest BCUT2D eigenvalue weighted by Crippen LogP contribution is -2.01. The number of benzene rings is 2. The number of hydrogen-bond acceptors (Lipinski definition) is 2. The van der Waals surface area contributed by atoms with E-state index < -0.39 is 5.97 Å². The molecule has 0 radical (unpaired) electrons. The van der Waals surface area contributed by atoms with E-state index in [-0.39, 0.29) is 5.69 Å². The van der Waals surface area contributed by atoms with Crippen molar-refractivity contribution in [3.05, 3.63) is 71.5 Å². The summed E-state index contributed by atoms with van der Waals surface area (Å²) >= 11 is 0. The summed E-state index contributed by atoms with van der Waals surface area (Å²) in [5, 5.41) is 9.34. The lowest BCUT2D eigenvalue weighted by Gasteiger charge is -2.13. The number of carbonyl (C=O) groups is 1. The molecular weight excluding hydrogens is 288 g/mol. The Labute approximate surface area is 135 Å². The molecule has 0 bridgehead atoms. The lowest BCUT2D eigenvalue weighted by atomic mass is 10.1. The van der Waals surface area contributed by atoms with E-state index in [0.717, 1.165) is 28.8 Å². The number of carboxylic acid groups (broad SMARTS) is 1. The van der Waals surface area contributed by atoms with Crippen LogP contribution in [0.2, 0.25) is 0 Å². The molecular formula is C19H18N2O2. The van der Waals surface area contributed by atoms with Crippen LogP contribution in [0.3, 0.4) is 0 Å². The highest BCUT2D eigenvalue weighted by Crippen LogP contribution is 2.27. The molecule has 0 saturated heterocycles. The van der Waals surface area contributed by atoms with Gasteiger partial charge in [-0.2, -0.15) is 0 Å². The summed E-state index contributed by atoms with van der Waals surface area (Å²) < 4.78 is 1.88. The van der Waals surface area contributed by atoms with E-state index in [9.17, 15) is 9.90 Å². The first kappa shape index (κ1) is 15.0. The zero-order valence-corrected chi connectivity index (χ0v) is 13.2. The maximum Gasteiger partial charge on any atom is 0.356 e. The van der Waals surface area contributed by atoms with Gasteiger partial charge in [-0.05, 0) is 30.5 Å². The Morgan fingerprint density at radius 3 is 2.52 bits per heavy atom. The predicted molar refractivity (Wildman–Crippen MR) is 90.1 cm³/mol. The first-order valence-corrected chi connectivity index (χ1v) is 7.58. The number of aromatic carboxylic acids is 1. The smallest absolute Gasteiger partial charge is 0.356 e. The quantitative estimate of drug-likeness (QED) is 0.789. The van der Waals surface area contributed by atoms with Gasteiger partial charge in [0.1, 0.15) is 5.82 Å². The van der Waals surface area contributed by atoms with Crippen LogP contribution in [0.25, 0.3) is 17.1 Å². The number of aryl methyl sites for hydroxylation is 2. The summed E-state index contributed by atoms with van der Waals surface area (Å²) in [6, 6.07) is 15.9. The Kier molecular flexibility index (Phi) is 3.98. The molecule has 0 aliphatic carbocycles. The van der Waals surface area contributed by atoms with Crippen molar-refractivity contribution in [3.8, 4) is 17.1 Å². The monoisotopic (exact) mass is 306 g/mol. The van der Waals surface area contributed by atoms with Gasteiger partial charge in [0.2, 0.25) is 0 Å². The van der Waals surface area contributed by atoms with Gasteiger partial charge >= 0.3 is 5.97 Å². The second-order valence-electron chi connectivity index (χ2n) is 5.42. The van der Waals surface area contributed by atoms with Gasteiger partial charge in [0.05, 0.1) is 5.69 Å². The Hall–Kier alpha value is -2.88. The predicted octanol–water partition coefficient (Wildman–Crippen LogP) is 4.11. The first-order valence-electron chi connectivity index (χ1n) is 7.58. The number of rotatable bonds is 4. The van der Waals surface area contributed by atoms with Gasteiger partial charge in [0, 0.05) is 11.8 Å². The van der Waals surface area contributed by atoms with E-state index in [2.05, 4.69) is 18.0 Å². The van der Waals surface area contributed by atoms with Gasteiger partial charge in [0.15, 0.2) is 5.69 Å². The molecule has 1 N–H and O–H groups in total. The van der Waals surface area contributed by atoms with Crippen LogP contribution in [0, 0.1) is 6.92 Å². The molecule has 2 aromatic carbocycles. The molecule has 0 fully saturated rings. The highest BCUT2D eigenvalue weighted by Gasteiger charge is 2.18. The van der Waals surface area contributed by atoms with Crippen molar-refractivity contribution >= 4 is 5.97 Å². The molecule has 4 heteroatoms. The van der Waals surface area contributed by atoms with E-state index in [0.29, 0.717) is 5.82 Å². The number of para-hydroxylation sites is 1. The summed E-state index contributed by atoms with van der Waals surface area (Å²) in [5.74, 6) is -0.367. The van der Waals surface area contributed by atoms with Gasteiger partial charge in [-0.3, -0.25) is 4.57 Å². The summed E-state index contributed by atoms with van der Waals surface area (Å²) in [6.07, 6.45) is 2.46. The van der Waals surface area contributed by atoms with E-state index in [1.807, 2.05) is 54.0 Å². The molecule has 3 aromatic rings. The third kappa shape index (κ3) is 2.75. The average Bonchev–Trinajstić information content (AvgIpc) is 3.00. The van der Waals surface area contributed by atoms with Crippen LogP contribution in [0.1, 0.15) is 28.5 Å². The zero-order valence-electron chi connectivity index (χ0n) is 13.2. The van der Waals surface area contributed by atoms with Crippen molar-refractivity contribution in [1.82, 2.24) is 9.55 Å². The molecule has 0 aliphatic heterocycles. The van der Waals surface area contributed by atoms with E-state index in [1.54, 1.807) is 6.20 Å². The minimum Gasteiger partial charge on any atom is -0.476 e. The lowest BCUT2D eigenvalue weighted by molar-refractivity contribution is 0.0691. The molecule has 3 rings (SSSR count). The Morgan fingerprint density at radius 1 is 1.13 bits per heavy atom. The Balaban J connectivity index is 2.28. The number of carboxylic acids is 1. The topological polar surface area (TPSA) is 55.1 Å². The first-order chi connectivity index (χ1) is 11.1. The number of imidazole rings is 1. The molecule has 0 amide bonds. The number of hydrogen-bond donors (Lipinski definition) is 1. The van der Waals surface area contributed by atoms with Crippen LogP contribution >= 0.6 is 0 Å². The van der Waals surface area contributed by atoms with Crippen LogP contribution in [0.15, 0.2) is 54.7 Å². The van der Waals surface area contributed by atoms with E-state index >= 15 is 0 Å². The van der Waals surface area contributed by atoms with Crippen LogP contribution < -0.4 is 0 Å². The molecule has 0 spiro atoms. The minimum atomic E-state index is -1.02. The van der Waals surface area contributed by atoms with E-state index in [1.165, 1.54) is 0 Å². The second-order valence-corrected chi connectivity index (χ2v) is 5.42. The number of aromatic nitrogens is 2. The molecule has 0 saturated carbocycles. The minimum absolute atomic E-state index is 0.0501. The van der Waals surface area contributed by atoms with Gasteiger partial charge < -0.3 is 5.11 Å². The normalized spacial score (nSPS) is 10.7. The molecule has 4 nitrogen and oxygen atoms in total. The summed E-state index contributed by atoms with van der Waals surface area (Å²) in [5.41, 5.74) is 4.16.